The molecule has 6 nitrogen and oxygen atoms in total. The minimum atomic E-state index is -0.956. The van der Waals surface area contributed by atoms with Gasteiger partial charge in [0.1, 0.15) is 0 Å². The summed E-state index contributed by atoms with van der Waals surface area (Å²) in [5.74, 6) is -3.14. The van der Waals surface area contributed by atoms with Crippen molar-refractivity contribution >= 4 is 17.8 Å². The maximum Gasteiger partial charge on any atom is 0.307 e. The number of benzene rings is 1. The number of nitrogens with one attached hydrogen (secondary N) is 2. The number of hydrogen-bond acceptors (Lipinski definition) is 3. The van der Waals surface area contributed by atoms with Crippen molar-refractivity contribution in [1.29, 1.82) is 0 Å². The highest BCUT2D eigenvalue weighted by atomic mass is 16.4. The molecule has 126 valence electrons. The van der Waals surface area contributed by atoms with Crippen LogP contribution in [0.5, 0.6) is 0 Å². The Morgan fingerprint density at radius 2 is 1.67 bits per heavy atom. The van der Waals surface area contributed by atoms with Crippen LogP contribution >= 0.6 is 0 Å². The van der Waals surface area contributed by atoms with Crippen LogP contribution < -0.4 is 10.9 Å². The first-order chi connectivity index (χ1) is 11.6. The van der Waals surface area contributed by atoms with Crippen molar-refractivity contribution in [3.05, 3.63) is 48.0 Å². The van der Waals surface area contributed by atoms with Crippen molar-refractivity contribution in [2.75, 3.05) is 0 Å². The van der Waals surface area contributed by atoms with Gasteiger partial charge in [0.25, 0.3) is 0 Å². The number of fused-ring (bicyclic) bond motifs is 2. The molecule has 0 aromatic heterocycles. The number of rotatable bonds is 5. The van der Waals surface area contributed by atoms with E-state index in [1.807, 2.05) is 42.5 Å². The third kappa shape index (κ3) is 3.32. The Hall–Kier alpha value is -2.63. The van der Waals surface area contributed by atoms with Gasteiger partial charge in [-0.25, -0.2) is 0 Å². The largest absolute Gasteiger partial charge is 0.481 e. The summed E-state index contributed by atoms with van der Waals surface area (Å²) in [6, 6.07) is 9.59. The molecule has 0 unspecified atom stereocenters. The first-order valence-corrected chi connectivity index (χ1v) is 8.10. The lowest BCUT2D eigenvalue weighted by atomic mass is 9.82. The number of allylic oxidation sites excluding steroid dienone is 2. The number of hydrogen-bond donors (Lipinski definition) is 3. The summed E-state index contributed by atoms with van der Waals surface area (Å²) in [5.41, 5.74) is 5.83. The van der Waals surface area contributed by atoms with Gasteiger partial charge >= 0.3 is 5.97 Å². The molecule has 1 aromatic rings. The molecule has 24 heavy (non-hydrogen) atoms. The molecule has 0 radical (unpaired) electrons. The predicted octanol–water partition coefficient (Wildman–Crippen LogP) is 1.29. The van der Waals surface area contributed by atoms with E-state index in [4.69, 9.17) is 0 Å². The number of aryl methyl sites for hydroxylation is 1. The minimum Gasteiger partial charge on any atom is -0.481 e. The Morgan fingerprint density at radius 3 is 2.33 bits per heavy atom. The quantitative estimate of drug-likeness (QED) is 0.560. The van der Waals surface area contributed by atoms with Crippen molar-refractivity contribution in [3.63, 3.8) is 0 Å². The average molecular weight is 328 g/mol. The molecular formula is C18H20N2O4. The standard InChI is InChI=1S/C18H20N2O4/c21-14(9-6-11-4-2-1-3-5-11)19-20-17(22)15-12-7-8-13(10-12)16(15)18(23)24/h1-5,7-8,12-13,15-16H,6,9-10H2,(H,19,21)(H,20,22)(H,23,24)/t12-,13+,15-,16+/m0/s1. The van der Waals surface area contributed by atoms with Crippen molar-refractivity contribution < 1.29 is 19.5 Å². The smallest absolute Gasteiger partial charge is 0.307 e. The molecule has 0 spiro atoms. The summed E-state index contributed by atoms with van der Waals surface area (Å²) in [5, 5.41) is 9.34. The summed E-state index contributed by atoms with van der Waals surface area (Å²) in [4.78, 5) is 35.6. The fourth-order valence-electron chi connectivity index (χ4n) is 3.70. The van der Waals surface area contributed by atoms with E-state index >= 15 is 0 Å². The van der Waals surface area contributed by atoms with Gasteiger partial charge in [0.05, 0.1) is 11.8 Å². The summed E-state index contributed by atoms with van der Waals surface area (Å²) in [6.45, 7) is 0. The average Bonchev–Trinajstić information content (AvgIpc) is 3.20. The number of carboxylic acid groups (broad SMARTS) is 1. The highest BCUT2D eigenvalue weighted by Gasteiger charge is 2.51. The van der Waals surface area contributed by atoms with E-state index in [1.54, 1.807) is 0 Å². The van der Waals surface area contributed by atoms with Gasteiger partial charge in [-0.2, -0.15) is 0 Å². The third-order valence-corrected chi connectivity index (χ3v) is 4.86. The maximum absolute atomic E-state index is 12.3. The van der Waals surface area contributed by atoms with E-state index < -0.39 is 23.7 Å². The second-order valence-electron chi connectivity index (χ2n) is 6.36. The molecule has 1 fully saturated rings. The first-order valence-electron chi connectivity index (χ1n) is 8.10. The van der Waals surface area contributed by atoms with Crippen molar-refractivity contribution in [3.8, 4) is 0 Å². The second kappa shape index (κ2) is 6.86. The highest BCUT2D eigenvalue weighted by molar-refractivity contribution is 5.88. The molecule has 0 saturated heterocycles. The highest BCUT2D eigenvalue weighted by Crippen LogP contribution is 2.48. The molecule has 0 heterocycles. The maximum atomic E-state index is 12.3. The number of aliphatic carboxylic acids is 1. The van der Waals surface area contributed by atoms with Crippen LogP contribution in [0.4, 0.5) is 0 Å². The Kier molecular flexibility index (Phi) is 4.64. The number of hydrazine groups is 1. The normalized spacial score (nSPS) is 27.0. The molecule has 2 amide bonds. The van der Waals surface area contributed by atoms with Gasteiger partial charge < -0.3 is 5.11 Å². The van der Waals surface area contributed by atoms with E-state index in [0.717, 1.165) is 5.56 Å². The van der Waals surface area contributed by atoms with Crippen LogP contribution in [0.15, 0.2) is 42.5 Å². The molecular weight excluding hydrogens is 308 g/mol. The first kappa shape index (κ1) is 16.2. The van der Waals surface area contributed by atoms with E-state index in [-0.39, 0.29) is 24.2 Å². The summed E-state index contributed by atoms with van der Waals surface area (Å²) in [7, 11) is 0. The molecule has 2 aliphatic rings. The Bertz CT molecular complexity index is 671. The number of carbonyl (C=O) groups is 3. The van der Waals surface area contributed by atoms with Gasteiger partial charge in [0, 0.05) is 6.42 Å². The van der Waals surface area contributed by atoms with Crippen LogP contribution in [0, 0.1) is 23.7 Å². The lowest BCUT2D eigenvalue weighted by molar-refractivity contribution is -0.148. The zero-order valence-electron chi connectivity index (χ0n) is 13.1. The molecule has 1 aromatic carbocycles. The van der Waals surface area contributed by atoms with Crippen LogP contribution in [0.3, 0.4) is 0 Å². The van der Waals surface area contributed by atoms with E-state index in [1.165, 1.54) is 0 Å². The minimum absolute atomic E-state index is 0.0580. The molecule has 4 atom stereocenters. The van der Waals surface area contributed by atoms with E-state index in [2.05, 4.69) is 10.9 Å². The fraction of sp³-hybridized carbons (Fsp3) is 0.389. The molecule has 1 saturated carbocycles. The van der Waals surface area contributed by atoms with Crippen molar-refractivity contribution in [2.45, 2.75) is 19.3 Å². The summed E-state index contributed by atoms with van der Waals surface area (Å²) >= 11 is 0. The zero-order chi connectivity index (χ0) is 17.1. The van der Waals surface area contributed by atoms with Crippen LogP contribution in [-0.2, 0) is 20.8 Å². The SMILES string of the molecule is O=C(CCc1ccccc1)NNC(=O)[C@@H]1[C@H](C(=O)O)[C@@H]2C=C[C@H]1C2. The second-order valence-corrected chi connectivity index (χ2v) is 6.36. The summed E-state index contributed by atoms with van der Waals surface area (Å²) in [6.07, 6.45) is 5.31. The van der Waals surface area contributed by atoms with Gasteiger partial charge in [-0.15, -0.1) is 0 Å². The van der Waals surface area contributed by atoms with Gasteiger partial charge in [-0.05, 0) is 30.2 Å². The predicted molar refractivity (Wildman–Crippen MR) is 86.4 cm³/mol. The topological polar surface area (TPSA) is 95.5 Å². The van der Waals surface area contributed by atoms with Gasteiger partial charge in [-0.1, -0.05) is 42.5 Å². The van der Waals surface area contributed by atoms with Crippen molar-refractivity contribution in [2.24, 2.45) is 23.7 Å². The van der Waals surface area contributed by atoms with E-state index in [0.29, 0.717) is 12.8 Å². The zero-order valence-corrected chi connectivity index (χ0v) is 13.1. The van der Waals surface area contributed by atoms with Gasteiger partial charge in [0.2, 0.25) is 11.8 Å². The Labute approximate surface area is 139 Å². The Morgan fingerprint density at radius 1 is 1.00 bits per heavy atom. The van der Waals surface area contributed by atoms with Crippen molar-refractivity contribution in [1.82, 2.24) is 10.9 Å². The van der Waals surface area contributed by atoms with Gasteiger partial charge in [-0.3, -0.25) is 25.2 Å². The Balaban J connectivity index is 1.49. The van der Waals surface area contributed by atoms with Crippen LogP contribution in [0.1, 0.15) is 18.4 Å². The van der Waals surface area contributed by atoms with E-state index in [9.17, 15) is 19.5 Å². The monoisotopic (exact) mass is 328 g/mol. The third-order valence-electron chi connectivity index (χ3n) is 4.86. The van der Waals surface area contributed by atoms with Crippen LogP contribution in [-0.4, -0.2) is 22.9 Å². The van der Waals surface area contributed by atoms with Gasteiger partial charge in [0.15, 0.2) is 0 Å². The molecule has 3 rings (SSSR count). The molecule has 2 bridgehead atoms. The number of amides is 2. The molecule has 6 heteroatoms. The van der Waals surface area contributed by atoms with Crippen LogP contribution in [0.25, 0.3) is 0 Å². The van der Waals surface area contributed by atoms with Crippen LogP contribution in [0.2, 0.25) is 0 Å². The fourth-order valence-corrected chi connectivity index (χ4v) is 3.70. The number of carboxylic acids is 1. The molecule has 0 aliphatic heterocycles. The lowest BCUT2D eigenvalue weighted by Crippen LogP contribution is -2.48. The lowest BCUT2D eigenvalue weighted by Gasteiger charge is -2.23. The molecule has 3 N–H and O–H groups in total. The number of carbonyl (C=O) groups excluding carboxylic acids is 2. The summed E-state index contributed by atoms with van der Waals surface area (Å²) < 4.78 is 0. The molecule has 2 aliphatic carbocycles.